The van der Waals surface area contributed by atoms with Crippen molar-refractivity contribution >= 4 is 5.97 Å². The van der Waals surface area contributed by atoms with Crippen molar-refractivity contribution in [1.29, 1.82) is 0 Å². The summed E-state index contributed by atoms with van der Waals surface area (Å²) in [4.78, 5) is 15.0. The number of aryl methyl sites for hydroxylation is 1. The molecule has 0 saturated carbocycles. The molecule has 0 aliphatic rings. The second kappa shape index (κ2) is 5.16. The fraction of sp³-hybridized carbons (Fsp3) is 0.0667. The smallest absolute Gasteiger partial charge is 0.335 e. The van der Waals surface area contributed by atoms with Crippen molar-refractivity contribution in [2.75, 3.05) is 0 Å². The Morgan fingerprint density at radius 2 is 1.90 bits per heavy atom. The van der Waals surface area contributed by atoms with Crippen LogP contribution in [-0.4, -0.2) is 30.8 Å². The fourth-order valence-corrected chi connectivity index (χ4v) is 2.11. The van der Waals surface area contributed by atoms with Gasteiger partial charge in [-0.2, -0.15) is 0 Å². The van der Waals surface area contributed by atoms with Crippen LogP contribution in [0, 0.1) is 6.92 Å². The van der Waals surface area contributed by atoms with Crippen LogP contribution in [0.3, 0.4) is 0 Å². The molecule has 2 aromatic heterocycles. The molecule has 0 aliphatic carbocycles. The van der Waals surface area contributed by atoms with Crippen LogP contribution in [0.15, 0.2) is 48.8 Å². The van der Waals surface area contributed by atoms with Crippen LogP contribution in [0.25, 0.3) is 17.1 Å². The first-order chi connectivity index (χ1) is 10.2. The molecule has 0 amide bonds. The first-order valence-corrected chi connectivity index (χ1v) is 6.33. The molecule has 2 heterocycles. The van der Waals surface area contributed by atoms with E-state index in [-0.39, 0.29) is 5.56 Å². The lowest BCUT2D eigenvalue weighted by atomic mass is 10.2. The minimum atomic E-state index is -0.950. The van der Waals surface area contributed by atoms with Crippen LogP contribution in [0.5, 0.6) is 0 Å². The van der Waals surface area contributed by atoms with E-state index in [1.165, 1.54) is 0 Å². The first kappa shape index (κ1) is 13.0. The standard InChI is InChI=1S/C15H12N4O2/c1-10-17-18-14(12-3-2-8-16-9-12)19(10)13-6-4-11(5-7-13)15(20)21/h2-9H,1H3,(H,20,21). The lowest BCUT2D eigenvalue weighted by Gasteiger charge is -2.08. The molecule has 0 radical (unpaired) electrons. The summed E-state index contributed by atoms with van der Waals surface area (Å²) in [6.07, 6.45) is 3.41. The Labute approximate surface area is 120 Å². The van der Waals surface area contributed by atoms with Gasteiger partial charge >= 0.3 is 5.97 Å². The van der Waals surface area contributed by atoms with Crippen LogP contribution < -0.4 is 0 Å². The zero-order valence-corrected chi connectivity index (χ0v) is 11.3. The van der Waals surface area contributed by atoms with Crippen molar-refractivity contribution < 1.29 is 9.90 Å². The van der Waals surface area contributed by atoms with Crippen LogP contribution in [0.1, 0.15) is 16.2 Å². The molecule has 0 spiro atoms. The Kier molecular flexibility index (Phi) is 3.19. The fourth-order valence-electron chi connectivity index (χ4n) is 2.11. The quantitative estimate of drug-likeness (QED) is 0.796. The zero-order valence-electron chi connectivity index (χ0n) is 11.3. The predicted octanol–water partition coefficient (Wildman–Crippen LogP) is 2.34. The van der Waals surface area contributed by atoms with Crippen molar-refractivity contribution in [2.24, 2.45) is 0 Å². The molecular formula is C15H12N4O2. The van der Waals surface area contributed by atoms with Gasteiger partial charge in [-0.05, 0) is 43.3 Å². The third-order valence-corrected chi connectivity index (χ3v) is 3.12. The normalized spacial score (nSPS) is 10.5. The number of carboxylic acid groups (broad SMARTS) is 1. The van der Waals surface area contributed by atoms with Gasteiger partial charge in [-0.25, -0.2) is 4.79 Å². The Hall–Kier alpha value is -3.02. The van der Waals surface area contributed by atoms with Gasteiger partial charge in [0.05, 0.1) is 5.56 Å². The summed E-state index contributed by atoms with van der Waals surface area (Å²) >= 11 is 0. The lowest BCUT2D eigenvalue weighted by Crippen LogP contribution is -2.02. The summed E-state index contributed by atoms with van der Waals surface area (Å²) in [6.45, 7) is 1.85. The van der Waals surface area contributed by atoms with Crippen LogP contribution in [0.2, 0.25) is 0 Å². The molecule has 6 heteroatoms. The third-order valence-electron chi connectivity index (χ3n) is 3.12. The van der Waals surface area contributed by atoms with Gasteiger partial charge in [-0.1, -0.05) is 0 Å². The second-order valence-corrected chi connectivity index (χ2v) is 4.50. The summed E-state index contributed by atoms with van der Waals surface area (Å²) in [5.74, 6) is 0.440. The minimum absolute atomic E-state index is 0.243. The van der Waals surface area contributed by atoms with E-state index in [0.717, 1.165) is 17.1 Å². The van der Waals surface area contributed by atoms with E-state index in [9.17, 15) is 4.79 Å². The molecular weight excluding hydrogens is 268 g/mol. The van der Waals surface area contributed by atoms with Gasteiger partial charge in [0.25, 0.3) is 0 Å². The zero-order chi connectivity index (χ0) is 14.8. The van der Waals surface area contributed by atoms with Crippen molar-refractivity contribution in [3.8, 4) is 17.1 Å². The minimum Gasteiger partial charge on any atom is -0.478 e. The SMILES string of the molecule is Cc1nnc(-c2cccnc2)n1-c1ccc(C(=O)O)cc1. The Morgan fingerprint density at radius 1 is 1.14 bits per heavy atom. The molecule has 0 aliphatic heterocycles. The van der Waals surface area contributed by atoms with E-state index in [0.29, 0.717) is 5.82 Å². The average Bonchev–Trinajstić information content (AvgIpc) is 2.90. The van der Waals surface area contributed by atoms with Crippen LogP contribution in [0.4, 0.5) is 0 Å². The molecule has 3 rings (SSSR count). The molecule has 0 bridgehead atoms. The molecule has 1 N–H and O–H groups in total. The van der Waals surface area contributed by atoms with E-state index in [1.54, 1.807) is 36.7 Å². The molecule has 0 unspecified atom stereocenters. The maximum Gasteiger partial charge on any atom is 0.335 e. The molecule has 6 nitrogen and oxygen atoms in total. The van der Waals surface area contributed by atoms with Crippen LogP contribution >= 0.6 is 0 Å². The largest absolute Gasteiger partial charge is 0.478 e. The summed E-state index contributed by atoms with van der Waals surface area (Å²) < 4.78 is 1.86. The third kappa shape index (κ3) is 2.38. The monoisotopic (exact) mass is 280 g/mol. The van der Waals surface area contributed by atoms with Crippen molar-refractivity contribution in [3.63, 3.8) is 0 Å². The molecule has 21 heavy (non-hydrogen) atoms. The van der Waals surface area contributed by atoms with E-state index in [2.05, 4.69) is 15.2 Å². The van der Waals surface area contributed by atoms with Gasteiger partial charge in [0.1, 0.15) is 5.82 Å². The van der Waals surface area contributed by atoms with Gasteiger partial charge in [-0.15, -0.1) is 10.2 Å². The highest BCUT2D eigenvalue weighted by atomic mass is 16.4. The highest BCUT2D eigenvalue weighted by molar-refractivity contribution is 5.87. The number of nitrogens with zero attached hydrogens (tertiary/aromatic N) is 4. The highest BCUT2D eigenvalue weighted by Gasteiger charge is 2.13. The van der Waals surface area contributed by atoms with Gasteiger partial charge < -0.3 is 5.11 Å². The molecule has 104 valence electrons. The Bertz CT molecular complexity index is 779. The Balaban J connectivity index is 2.10. The maximum atomic E-state index is 10.9. The van der Waals surface area contributed by atoms with E-state index >= 15 is 0 Å². The van der Waals surface area contributed by atoms with Gasteiger partial charge in [0.15, 0.2) is 5.82 Å². The topological polar surface area (TPSA) is 80.9 Å². The second-order valence-electron chi connectivity index (χ2n) is 4.50. The van der Waals surface area contributed by atoms with Crippen molar-refractivity contribution in [3.05, 3.63) is 60.2 Å². The van der Waals surface area contributed by atoms with Crippen molar-refractivity contribution in [2.45, 2.75) is 6.92 Å². The predicted molar refractivity (Wildman–Crippen MR) is 76.3 cm³/mol. The number of rotatable bonds is 3. The highest BCUT2D eigenvalue weighted by Crippen LogP contribution is 2.22. The molecule has 0 fully saturated rings. The molecule has 0 atom stereocenters. The van der Waals surface area contributed by atoms with E-state index in [4.69, 9.17) is 5.11 Å². The number of aromatic carboxylic acids is 1. The number of carbonyl (C=O) groups is 1. The lowest BCUT2D eigenvalue weighted by molar-refractivity contribution is 0.0697. The first-order valence-electron chi connectivity index (χ1n) is 6.33. The number of benzene rings is 1. The van der Waals surface area contributed by atoms with E-state index in [1.807, 2.05) is 23.6 Å². The van der Waals surface area contributed by atoms with Gasteiger partial charge in [0.2, 0.25) is 0 Å². The Morgan fingerprint density at radius 3 is 2.52 bits per heavy atom. The van der Waals surface area contributed by atoms with Gasteiger partial charge in [-0.3, -0.25) is 9.55 Å². The number of hydrogen-bond donors (Lipinski definition) is 1. The molecule has 0 saturated heterocycles. The molecule has 1 aromatic carbocycles. The average molecular weight is 280 g/mol. The number of carboxylic acids is 1. The summed E-state index contributed by atoms with van der Waals surface area (Å²) in [5, 5.41) is 17.2. The van der Waals surface area contributed by atoms with Crippen LogP contribution in [-0.2, 0) is 0 Å². The van der Waals surface area contributed by atoms with Gasteiger partial charge in [0, 0.05) is 23.6 Å². The summed E-state index contributed by atoms with van der Waals surface area (Å²) in [6, 6.07) is 10.3. The van der Waals surface area contributed by atoms with E-state index < -0.39 is 5.97 Å². The van der Waals surface area contributed by atoms with Crippen molar-refractivity contribution in [1.82, 2.24) is 19.7 Å². The summed E-state index contributed by atoms with van der Waals surface area (Å²) in [5.41, 5.74) is 1.90. The number of hydrogen-bond acceptors (Lipinski definition) is 4. The number of aromatic nitrogens is 4. The number of pyridine rings is 1. The molecule has 3 aromatic rings. The maximum absolute atomic E-state index is 10.9. The summed E-state index contributed by atoms with van der Waals surface area (Å²) in [7, 11) is 0.